The number of carbonyl (C=O) groups excluding carboxylic acids is 2. The quantitative estimate of drug-likeness (QED) is 0.305. The number of rotatable bonds is 5. The number of benzene rings is 1. The smallest absolute Gasteiger partial charge is 0.274 e. The highest BCUT2D eigenvalue weighted by atomic mass is 16.5. The Bertz CT molecular complexity index is 1210. The number of nitrogens with zero attached hydrogens (tertiary/aromatic N) is 3. The molecule has 4 rings (SSSR count). The molecule has 3 aromatic rings. The van der Waals surface area contributed by atoms with E-state index in [1.165, 1.54) is 6.07 Å². The number of morpholine rings is 1. The number of ether oxygens (including phenoxy) is 1. The van der Waals surface area contributed by atoms with E-state index in [2.05, 4.69) is 27.1 Å². The van der Waals surface area contributed by atoms with Gasteiger partial charge in [0.05, 0.1) is 25.5 Å². The van der Waals surface area contributed by atoms with E-state index in [4.69, 9.17) is 9.94 Å². The predicted molar refractivity (Wildman–Crippen MR) is 125 cm³/mol. The maximum atomic E-state index is 12.5. The first-order valence-electron chi connectivity index (χ1n) is 10.7. The van der Waals surface area contributed by atoms with Gasteiger partial charge in [-0.3, -0.25) is 24.7 Å². The Hall–Kier alpha value is -4.10. The van der Waals surface area contributed by atoms with E-state index in [1.54, 1.807) is 23.9 Å². The molecule has 1 saturated heterocycles. The first kappa shape index (κ1) is 23.1. The fraction of sp³-hybridized carbons (Fsp3) is 0.200. The zero-order valence-electron chi connectivity index (χ0n) is 18.3. The first-order chi connectivity index (χ1) is 16.6. The van der Waals surface area contributed by atoms with Crippen LogP contribution in [0.3, 0.4) is 0 Å². The second kappa shape index (κ2) is 11.2. The van der Waals surface area contributed by atoms with Crippen molar-refractivity contribution >= 4 is 17.6 Å². The molecule has 34 heavy (non-hydrogen) atoms. The molecule has 3 N–H and O–H groups in total. The lowest BCUT2D eigenvalue weighted by atomic mass is 10.1. The highest BCUT2D eigenvalue weighted by Crippen LogP contribution is 2.22. The SMILES string of the molecule is O=C(CN1CCOCC1)Nc1cc(C(=O)NO)cc(-c2ccc(C#Cc3cccnc3)cc2)n1. The lowest BCUT2D eigenvalue weighted by molar-refractivity contribution is -0.118. The number of anilines is 1. The molecule has 2 amide bonds. The molecular formula is C25H23N5O4. The standard InChI is InChI=1S/C25H23N5O4/c31-24(17-30-10-12-34-13-11-30)28-23-15-21(25(32)29-33)14-22(27-23)20-7-5-18(6-8-20)3-4-19-2-1-9-26-16-19/h1-2,5-9,14-16,33H,10-13,17H2,(H,29,32)(H,27,28,31). The van der Waals surface area contributed by atoms with Gasteiger partial charge in [-0.2, -0.15) is 0 Å². The summed E-state index contributed by atoms with van der Waals surface area (Å²) in [4.78, 5) is 35.1. The van der Waals surface area contributed by atoms with Gasteiger partial charge >= 0.3 is 0 Å². The maximum absolute atomic E-state index is 12.5. The van der Waals surface area contributed by atoms with Crippen LogP contribution in [0, 0.1) is 11.8 Å². The number of hydrogen-bond donors (Lipinski definition) is 3. The topological polar surface area (TPSA) is 117 Å². The van der Waals surface area contributed by atoms with E-state index in [0.717, 1.165) is 16.7 Å². The van der Waals surface area contributed by atoms with E-state index in [1.807, 2.05) is 41.3 Å². The normalized spacial score (nSPS) is 13.4. The van der Waals surface area contributed by atoms with Crippen LogP contribution in [-0.2, 0) is 9.53 Å². The van der Waals surface area contributed by atoms with E-state index in [0.29, 0.717) is 32.0 Å². The summed E-state index contributed by atoms with van der Waals surface area (Å²) in [5, 5.41) is 11.8. The minimum Gasteiger partial charge on any atom is -0.379 e. The van der Waals surface area contributed by atoms with Crippen molar-refractivity contribution in [3.05, 3.63) is 77.6 Å². The van der Waals surface area contributed by atoms with Gasteiger partial charge in [0.25, 0.3) is 5.91 Å². The van der Waals surface area contributed by atoms with Gasteiger partial charge in [-0.25, -0.2) is 10.5 Å². The summed E-state index contributed by atoms with van der Waals surface area (Å²) in [6.07, 6.45) is 3.38. The number of amides is 2. The van der Waals surface area contributed by atoms with Gasteiger partial charge in [0.2, 0.25) is 5.91 Å². The third-order valence-electron chi connectivity index (χ3n) is 5.12. The summed E-state index contributed by atoms with van der Waals surface area (Å²) in [7, 11) is 0. The zero-order chi connectivity index (χ0) is 23.8. The fourth-order valence-electron chi connectivity index (χ4n) is 3.39. The number of hydroxylamine groups is 1. The van der Waals surface area contributed by atoms with Crippen LogP contribution in [0.25, 0.3) is 11.3 Å². The number of nitrogens with one attached hydrogen (secondary N) is 2. The molecule has 172 valence electrons. The number of hydrogen-bond acceptors (Lipinski definition) is 7. The van der Waals surface area contributed by atoms with Gasteiger partial charge in [0.1, 0.15) is 5.82 Å². The molecule has 0 saturated carbocycles. The Morgan fingerprint density at radius 3 is 2.53 bits per heavy atom. The van der Waals surface area contributed by atoms with Crippen LogP contribution in [-0.4, -0.2) is 64.7 Å². The Balaban J connectivity index is 1.54. The number of aromatic nitrogens is 2. The highest BCUT2D eigenvalue weighted by molar-refractivity contribution is 5.97. The van der Waals surface area contributed by atoms with Crippen molar-refractivity contribution in [3.8, 4) is 23.1 Å². The Labute approximate surface area is 196 Å². The fourth-order valence-corrected chi connectivity index (χ4v) is 3.39. The lowest BCUT2D eigenvalue weighted by Gasteiger charge is -2.25. The molecular weight excluding hydrogens is 434 g/mol. The third-order valence-corrected chi connectivity index (χ3v) is 5.12. The van der Waals surface area contributed by atoms with Crippen molar-refractivity contribution in [2.24, 2.45) is 0 Å². The van der Waals surface area contributed by atoms with Crippen molar-refractivity contribution in [1.29, 1.82) is 0 Å². The number of carbonyl (C=O) groups is 2. The first-order valence-corrected chi connectivity index (χ1v) is 10.7. The molecule has 1 fully saturated rings. The second-order valence-electron chi connectivity index (χ2n) is 7.57. The minimum absolute atomic E-state index is 0.162. The molecule has 0 radical (unpaired) electrons. The molecule has 9 nitrogen and oxygen atoms in total. The predicted octanol–water partition coefficient (Wildman–Crippen LogP) is 1.93. The van der Waals surface area contributed by atoms with Crippen LogP contribution in [0.4, 0.5) is 5.82 Å². The minimum atomic E-state index is -0.703. The third kappa shape index (κ3) is 6.24. The van der Waals surface area contributed by atoms with E-state index in [-0.39, 0.29) is 23.8 Å². The van der Waals surface area contributed by atoms with E-state index < -0.39 is 5.91 Å². The molecule has 0 spiro atoms. The van der Waals surface area contributed by atoms with Gasteiger partial charge in [-0.05, 0) is 36.4 Å². The molecule has 1 aliphatic heterocycles. The van der Waals surface area contributed by atoms with Crippen molar-refractivity contribution in [1.82, 2.24) is 20.3 Å². The Morgan fingerprint density at radius 2 is 1.82 bits per heavy atom. The van der Waals surface area contributed by atoms with Crippen LogP contribution in [0.1, 0.15) is 21.5 Å². The van der Waals surface area contributed by atoms with Crippen LogP contribution < -0.4 is 10.8 Å². The summed E-state index contributed by atoms with van der Waals surface area (Å²) < 4.78 is 5.30. The van der Waals surface area contributed by atoms with Crippen LogP contribution in [0.2, 0.25) is 0 Å². The second-order valence-corrected chi connectivity index (χ2v) is 7.57. The molecule has 2 aromatic heterocycles. The zero-order valence-corrected chi connectivity index (χ0v) is 18.3. The molecule has 1 aliphatic rings. The molecule has 0 bridgehead atoms. The van der Waals surface area contributed by atoms with Crippen LogP contribution in [0.15, 0.2) is 60.9 Å². The molecule has 9 heteroatoms. The largest absolute Gasteiger partial charge is 0.379 e. The molecule has 1 aromatic carbocycles. The summed E-state index contributed by atoms with van der Waals surface area (Å²) in [6, 6.07) is 14.0. The molecule has 0 aliphatic carbocycles. The van der Waals surface area contributed by atoms with Crippen LogP contribution >= 0.6 is 0 Å². The van der Waals surface area contributed by atoms with Crippen molar-refractivity contribution in [2.75, 3.05) is 38.2 Å². The maximum Gasteiger partial charge on any atom is 0.274 e. The van der Waals surface area contributed by atoms with Crippen LogP contribution in [0.5, 0.6) is 0 Å². The highest BCUT2D eigenvalue weighted by Gasteiger charge is 2.16. The summed E-state index contributed by atoms with van der Waals surface area (Å²) in [6.45, 7) is 2.72. The van der Waals surface area contributed by atoms with E-state index >= 15 is 0 Å². The number of pyridine rings is 2. The Kier molecular flexibility index (Phi) is 7.57. The average Bonchev–Trinajstić information content (AvgIpc) is 2.88. The van der Waals surface area contributed by atoms with E-state index in [9.17, 15) is 9.59 Å². The summed E-state index contributed by atoms with van der Waals surface area (Å²) >= 11 is 0. The molecule has 0 atom stereocenters. The Morgan fingerprint density at radius 1 is 1.06 bits per heavy atom. The van der Waals surface area contributed by atoms with Gasteiger partial charge in [-0.1, -0.05) is 24.0 Å². The van der Waals surface area contributed by atoms with Crippen molar-refractivity contribution in [3.63, 3.8) is 0 Å². The molecule has 3 heterocycles. The monoisotopic (exact) mass is 457 g/mol. The van der Waals surface area contributed by atoms with Crippen molar-refractivity contribution < 1.29 is 19.5 Å². The lowest BCUT2D eigenvalue weighted by Crippen LogP contribution is -2.41. The molecule has 0 unspecified atom stereocenters. The van der Waals surface area contributed by atoms with Gasteiger partial charge in [0, 0.05) is 47.7 Å². The van der Waals surface area contributed by atoms with Gasteiger partial charge in [-0.15, -0.1) is 0 Å². The van der Waals surface area contributed by atoms with Crippen molar-refractivity contribution in [2.45, 2.75) is 0 Å². The average molecular weight is 457 g/mol. The van der Waals surface area contributed by atoms with Gasteiger partial charge in [0.15, 0.2) is 0 Å². The summed E-state index contributed by atoms with van der Waals surface area (Å²) in [5.74, 6) is 5.39. The van der Waals surface area contributed by atoms with Gasteiger partial charge < -0.3 is 10.1 Å². The summed E-state index contributed by atoms with van der Waals surface area (Å²) in [5.41, 5.74) is 4.59.